The highest BCUT2D eigenvalue weighted by Gasteiger charge is 2.21. The van der Waals surface area contributed by atoms with Crippen LogP contribution in [-0.2, 0) is 17.8 Å². The topological polar surface area (TPSA) is 82.7 Å². The summed E-state index contributed by atoms with van der Waals surface area (Å²) in [4.78, 5) is 26.2. The molecule has 7 nitrogen and oxygen atoms in total. The van der Waals surface area contributed by atoms with Gasteiger partial charge in [-0.3, -0.25) is 9.69 Å². The first-order chi connectivity index (χ1) is 15.4. The number of amides is 3. The van der Waals surface area contributed by atoms with Crippen LogP contribution in [0.4, 0.5) is 4.79 Å². The molecule has 172 valence electrons. The van der Waals surface area contributed by atoms with Crippen molar-refractivity contribution in [1.82, 2.24) is 20.9 Å². The average molecular weight is 479 g/mol. The van der Waals surface area contributed by atoms with Gasteiger partial charge < -0.3 is 20.7 Å². The Hall–Kier alpha value is -2.32. The van der Waals surface area contributed by atoms with Crippen LogP contribution in [0.3, 0.4) is 0 Å². The van der Waals surface area contributed by atoms with Gasteiger partial charge in [-0.2, -0.15) is 0 Å². The summed E-state index contributed by atoms with van der Waals surface area (Å²) in [5, 5.41) is 9.54. The summed E-state index contributed by atoms with van der Waals surface area (Å²) in [5.41, 5.74) is 2.60. The van der Waals surface area contributed by atoms with Crippen molar-refractivity contribution in [3.8, 4) is 0 Å². The van der Waals surface area contributed by atoms with Crippen LogP contribution in [0.15, 0.2) is 42.5 Å². The molecular weight excluding hydrogens is 451 g/mol. The number of rotatable bonds is 8. The molecule has 2 aromatic rings. The van der Waals surface area contributed by atoms with E-state index < -0.39 is 0 Å². The van der Waals surface area contributed by atoms with E-state index in [1.54, 1.807) is 18.2 Å². The first-order valence-electron chi connectivity index (χ1n) is 10.6. The van der Waals surface area contributed by atoms with Crippen LogP contribution >= 0.6 is 23.2 Å². The third-order valence-electron chi connectivity index (χ3n) is 5.11. The van der Waals surface area contributed by atoms with Crippen molar-refractivity contribution in [3.63, 3.8) is 0 Å². The molecule has 3 N–H and O–H groups in total. The average Bonchev–Trinajstić information content (AvgIpc) is 2.79. The van der Waals surface area contributed by atoms with E-state index in [0.29, 0.717) is 48.4 Å². The highest BCUT2D eigenvalue weighted by molar-refractivity contribution is 6.42. The van der Waals surface area contributed by atoms with E-state index in [0.717, 1.165) is 24.2 Å². The van der Waals surface area contributed by atoms with Crippen LogP contribution in [0.2, 0.25) is 10.0 Å². The van der Waals surface area contributed by atoms with Gasteiger partial charge in [0.2, 0.25) is 0 Å². The Morgan fingerprint density at radius 1 is 1.03 bits per heavy atom. The summed E-state index contributed by atoms with van der Waals surface area (Å²) in [6.07, 6.45) is -0.0892. The van der Waals surface area contributed by atoms with Crippen LogP contribution in [-0.4, -0.2) is 55.7 Å². The fraction of sp³-hybridized carbons (Fsp3) is 0.391. The lowest BCUT2D eigenvalue weighted by Crippen LogP contribution is -2.48. The largest absolute Gasteiger partial charge is 0.374 e. The maximum absolute atomic E-state index is 12.2. The molecule has 1 unspecified atom stereocenters. The van der Waals surface area contributed by atoms with Crippen LogP contribution in [0.5, 0.6) is 0 Å². The molecular formula is C23H28Cl2N4O3. The number of hydrogen-bond acceptors (Lipinski definition) is 4. The summed E-state index contributed by atoms with van der Waals surface area (Å²) < 4.78 is 5.79. The highest BCUT2D eigenvalue weighted by atomic mass is 35.5. The Morgan fingerprint density at radius 3 is 2.50 bits per heavy atom. The summed E-state index contributed by atoms with van der Waals surface area (Å²) in [6.45, 7) is 6.12. The molecule has 0 radical (unpaired) electrons. The van der Waals surface area contributed by atoms with E-state index in [1.165, 1.54) is 0 Å². The number of hydrogen-bond donors (Lipinski definition) is 3. The number of ether oxygens (including phenoxy) is 1. The molecule has 1 aliphatic heterocycles. The Labute approximate surface area is 198 Å². The zero-order valence-corrected chi connectivity index (χ0v) is 19.5. The van der Waals surface area contributed by atoms with E-state index in [-0.39, 0.29) is 18.0 Å². The highest BCUT2D eigenvalue weighted by Crippen LogP contribution is 2.23. The monoisotopic (exact) mass is 478 g/mol. The normalized spacial score (nSPS) is 16.4. The van der Waals surface area contributed by atoms with Gasteiger partial charge in [0.1, 0.15) is 0 Å². The summed E-state index contributed by atoms with van der Waals surface area (Å²) >= 11 is 12.1. The summed E-state index contributed by atoms with van der Waals surface area (Å²) in [5.74, 6) is -0.106. The van der Waals surface area contributed by atoms with Gasteiger partial charge in [0.25, 0.3) is 5.91 Å². The van der Waals surface area contributed by atoms with Crippen LogP contribution in [0, 0.1) is 0 Å². The molecule has 1 atom stereocenters. The number of carbonyl (C=O) groups is 2. The molecule has 9 heteroatoms. The van der Waals surface area contributed by atoms with Crippen molar-refractivity contribution in [1.29, 1.82) is 0 Å². The molecule has 3 amide bonds. The number of urea groups is 1. The minimum Gasteiger partial charge on any atom is -0.374 e. The second-order valence-corrected chi connectivity index (χ2v) is 8.41. The van der Waals surface area contributed by atoms with Crippen LogP contribution in [0.1, 0.15) is 28.4 Å². The maximum atomic E-state index is 12.2. The van der Waals surface area contributed by atoms with Crippen molar-refractivity contribution >= 4 is 35.1 Å². The molecule has 0 aromatic heterocycles. The lowest BCUT2D eigenvalue weighted by atomic mass is 10.1. The van der Waals surface area contributed by atoms with Gasteiger partial charge in [0.05, 0.1) is 22.8 Å². The minimum atomic E-state index is -0.261. The number of nitrogens with one attached hydrogen (secondary N) is 3. The third-order valence-corrected chi connectivity index (χ3v) is 5.85. The fourth-order valence-corrected chi connectivity index (χ4v) is 3.75. The summed E-state index contributed by atoms with van der Waals surface area (Å²) in [6, 6.07) is 12.5. The molecule has 1 fully saturated rings. The molecule has 0 saturated carbocycles. The molecule has 0 aliphatic carbocycles. The SMILES string of the molecule is CCNC(=O)c1ccc(CNC(=O)NCC2CN(Cc3ccc(Cl)c(Cl)c3)CCO2)cc1. The predicted molar refractivity (Wildman–Crippen MR) is 126 cm³/mol. The van der Waals surface area contributed by atoms with Crippen molar-refractivity contribution < 1.29 is 14.3 Å². The van der Waals surface area contributed by atoms with E-state index in [9.17, 15) is 9.59 Å². The van der Waals surface area contributed by atoms with Gasteiger partial charge >= 0.3 is 6.03 Å². The number of benzene rings is 2. The van der Waals surface area contributed by atoms with Crippen molar-refractivity contribution in [2.75, 3.05) is 32.8 Å². The summed E-state index contributed by atoms with van der Waals surface area (Å²) in [7, 11) is 0. The van der Waals surface area contributed by atoms with E-state index in [4.69, 9.17) is 27.9 Å². The Kier molecular flexibility index (Phi) is 9.17. The number of carbonyl (C=O) groups excluding carboxylic acids is 2. The smallest absolute Gasteiger partial charge is 0.315 e. The zero-order chi connectivity index (χ0) is 22.9. The molecule has 32 heavy (non-hydrogen) atoms. The van der Waals surface area contributed by atoms with E-state index in [1.807, 2.05) is 31.2 Å². The van der Waals surface area contributed by atoms with Crippen molar-refractivity contribution in [2.24, 2.45) is 0 Å². The van der Waals surface area contributed by atoms with E-state index >= 15 is 0 Å². The van der Waals surface area contributed by atoms with Gasteiger partial charge in [0, 0.05) is 44.8 Å². The predicted octanol–water partition coefficient (Wildman–Crippen LogP) is 3.44. The number of nitrogens with zero attached hydrogens (tertiary/aromatic N) is 1. The molecule has 3 rings (SSSR count). The molecule has 2 aromatic carbocycles. The van der Waals surface area contributed by atoms with Gasteiger partial charge in [-0.1, -0.05) is 41.4 Å². The van der Waals surface area contributed by atoms with Crippen LogP contribution in [0.25, 0.3) is 0 Å². The Bertz CT molecular complexity index is 924. The van der Waals surface area contributed by atoms with Crippen molar-refractivity contribution in [2.45, 2.75) is 26.1 Å². The van der Waals surface area contributed by atoms with Gasteiger partial charge in [0.15, 0.2) is 0 Å². The zero-order valence-electron chi connectivity index (χ0n) is 18.0. The molecule has 1 heterocycles. The molecule has 1 aliphatic rings. The van der Waals surface area contributed by atoms with Gasteiger partial charge in [-0.15, -0.1) is 0 Å². The van der Waals surface area contributed by atoms with Crippen molar-refractivity contribution in [3.05, 3.63) is 69.2 Å². The quantitative estimate of drug-likeness (QED) is 0.542. The Morgan fingerprint density at radius 2 is 1.78 bits per heavy atom. The fourth-order valence-electron chi connectivity index (χ4n) is 3.43. The maximum Gasteiger partial charge on any atom is 0.315 e. The second kappa shape index (κ2) is 12.1. The second-order valence-electron chi connectivity index (χ2n) is 7.60. The molecule has 0 bridgehead atoms. The number of morpholine rings is 1. The minimum absolute atomic E-state index is 0.0892. The number of halogens is 2. The van der Waals surface area contributed by atoms with Gasteiger partial charge in [-0.05, 0) is 42.3 Å². The van der Waals surface area contributed by atoms with Crippen LogP contribution < -0.4 is 16.0 Å². The first-order valence-corrected chi connectivity index (χ1v) is 11.4. The van der Waals surface area contributed by atoms with Gasteiger partial charge in [-0.25, -0.2) is 4.79 Å². The third kappa shape index (κ3) is 7.38. The lowest BCUT2D eigenvalue weighted by Gasteiger charge is -2.33. The lowest BCUT2D eigenvalue weighted by molar-refractivity contribution is -0.0287. The Balaban J connectivity index is 1.39. The molecule has 1 saturated heterocycles. The molecule has 0 spiro atoms. The first kappa shape index (κ1) is 24.3. The van der Waals surface area contributed by atoms with E-state index in [2.05, 4.69) is 20.9 Å². The standard InChI is InChI=1S/C23H28Cl2N4O3/c1-2-26-22(30)18-6-3-16(4-7-18)12-27-23(31)28-13-19-15-29(9-10-32-19)14-17-5-8-20(24)21(25)11-17/h3-8,11,19H,2,9-10,12-15H2,1H3,(H,26,30)(H2,27,28,31).